The Morgan fingerprint density at radius 2 is 2.08 bits per heavy atom. The maximum Gasteiger partial charge on any atom is 0.120 e. The monoisotopic (exact) mass is 168 g/mol. The third kappa shape index (κ3) is 7.52. The minimum Gasteiger partial charge on any atom is -0.303 e. The van der Waals surface area contributed by atoms with Crippen molar-refractivity contribution in [3.05, 3.63) is 12.2 Å². The van der Waals surface area contributed by atoms with Gasteiger partial charge in [0.25, 0.3) is 0 Å². The standard InChI is InChI=1S/C11H20O/c1-3-4-5-6-7-8-11(2)9-10-12/h7-8,10-11H,3-6,9H2,1-2H3/b8-7+/t11-/m0/s1. The molecule has 0 radical (unpaired) electrons. The topological polar surface area (TPSA) is 17.1 Å². The van der Waals surface area contributed by atoms with Gasteiger partial charge in [0.1, 0.15) is 6.29 Å². The number of carbonyl (C=O) groups excluding carboxylic acids is 1. The second kappa shape index (κ2) is 8.51. The van der Waals surface area contributed by atoms with Crippen LogP contribution in [0.5, 0.6) is 0 Å². The predicted octanol–water partition coefficient (Wildman–Crippen LogP) is 3.35. The largest absolute Gasteiger partial charge is 0.303 e. The van der Waals surface area contributed by atoms with Crippen molar-refractivity contribution in [3.8, 4) is 0 Å². The van der Waals surface area contributed by atoms with Gasteiger partial charge in [-0.1, -0.05) is 38.8 Å². The van der Waals surface area contributed by atoms with Crippen molar-refractivity contribution in [1.82, 2.24) is 0 Å². The Hall–Kier alpha value is -0.590. The van der Waals surface area contributed by atoms with Crippen molar-refractivity contribution in [2.24, 2.45) is 5.92 Å². The average molecular weight is 168 g/mol. The van der Waals surface area contributed by atoms with Crippen molar-refractivity contribution in [1.29, 1.82) is 0 Å². The zero-order valence-electron chi connectivity index (χ0n) is 8.25. The van der Waals surface area contributed by atoms with E-state index in [0.717, 1.165) is 12.7 Å². The fourth-order valence-electron chi connectivity index (χ4n) is 1.07. The van der Waals surface area contributed by atoms with Gasteiger partial charge in [-0.05, 0) is 18.8 Å². The predicted molar refractivity (Wildman–Crippen MR) is 53.1 cm³/mol. The third-order valence-electron chi connectivity index (χ3n) is 1.91. The van der Waals surface area contributed by atoms with Crippen LogP contribution in [-0.4, -0.2) is 6.29 Å². The average Bonchev–Trinajstić information content (AvgIpc) is 2.05. The lowest BCUT2D eigenvalue weighted by Crippen LogP contribution is -1.89. The molecule has 1 nitrogen and oxygen atoms in total. The van der Waals surface area contributed by atoms with Gasteiger partial charge in [0.05, 0.1) is 0 Å². The van der Waals surface area contributed by atoms with Crippen LogP contribution in [0, 0.1) is 5.92 Å². The maximum atomic E-state index is 10.1. The van der Waals surface area contributed by atoms with Gasteiger partial charge in [-0.25, -0.2) is 0 Å². The molecule has 0 spiro atoms. The highest BCUT2D eigenvalue weighted by Gasteiger charge is 1.92. The van der Waals surface area contributed by atoms with Gasteiger partial charge in [-0.3, -0.25) is 0 Å². The van der Waals surface area contributed by atoms with Crippen molar-refractivity contribution < 1.29 is 4.79 Å². The van der Waals surface area contributed by atoms with Crippen LogP contribution in [0.2, 0.25) is 0 Å². The first-order valence-electron chi connectivity index (χ1n) is 4.91. The van der Waals surface area contributed by atoms with Crippen LogP contribution < -0.4 is 0 Å². The summed E-state index contributed by atoms with van der Waals surface area (Å²) >= 11 is 0. The van der Waals surface area contributed by atoms with Gasteiger partial charge in [-0.2, -0.15) is 0 Å². The van der Waals surface area contributed by atoms with Gasteiger partial charge in [0.2, 0.25) is 0 Å². The molecule has 0 unspecified atom stereocenters. The van der Waals surface area contributed by atoms with E-state index in [0.29, 0.717) is 12.3 Å². The molecule has 0 amide bonds. The summed E-state index contributed by atoms with van der Waals surface area (Å²) in [5, 5.41) is 0. The van der Waals surface area contributed by atoms with Gasteiger partial charge < -0.3 is 4.79 Å². The van der Waals surface area contributed by atoms with Crippen LogP contribution in [0.4, 0.5) is 0 Å². The van der Waals surface area contributed by atoms with Crippen LogP contribution in [0.25, 0.3) is 0 Å². The molecule has 0 aliphatic heterocycles. The summed E-state index contributed by atoms with van der Waals surface area (Å²) < 4.78 is 0. The van der Waals surface area contributed by atoms with E-state index in [1.165, 1.54) is 19.3 Å². The molecular weight excluding hydrogens is 148 g/mol. The summed E-state index contributed by atoms with van der Waals surface area (Å²) in [6.07, 6.45) is 11.0. The second-order valence-corrected chi connectivity index (χ2v) is 3.30. The Morgan fingerprint density at radius 3 is 2.67 bits per heavy atom. The molecule has 0 heterocycles. The molecule has 0 aromatic heterocycles. The normalized spacial score (nSPS) is 13.5. The Labute approximate surface area is 75.9 Å². The molecular formula is C11H20O. The minimum absolute atomic E-state index is 0.420. The molecule has 0 bridgehead atoms. The zero-order valence-corrected chi connectivity index (χ0v) is 8.25. The highest BCUT2D eigenvalue weighted by Crippen LogP contribution is 2.04. The fraction of sp³-hybridized carbons (Fsp3) is 0.727. The number of allylic oxidation sites excluding steroid dienone is 2. The molecule has 0 aromatic carbocycles. The van der Waals surface area contributed by atoms with Crippen LogP contribution in [0.1, 0.15) is 46.0 Å². The molecule has 0 N–H and O–H groups in total. The lowest BCUT2D eigenvalue weighted by Gasteiger charge is -1.98. The zero-order chi connectivity index (χ0) is 9.23. The number of unbranched alkanes of at least 4 members (excludes halogenated alkanes) is 3. The van der Waals surface area contributed by atoms with E-state index in [1.807, 2.05) is 0 Å². The van der Waals surface area contributed by atoms with E-state index in [4.69, 9.17) is 0 Å². The molecule has 1 atom stereocenters. The summed E-state index contributed by atoms with van der Waals surface area (Å²) in [6.45, 7) is 4.28. The van der Waals surface area contributed by atoms with E-state index >= 15 is 0 Å². The Bertz CT molecular complexity index is 127. The van der Waals surface area contributed by atoms with Gasteiger partial charge in [0, 0.05) is 6.42 Å². The molecule has 0 fully saturated rings. The van der Waals surface area contributed by atoms with Gasteiger partial charge in [0.15, 0.2) is 0 Å². The Kier molecular flexibility index (Phi) is 8.09. The van der Waals surface area contributed by atoms with Gasteiger partial charge in [-0.15, -0.1) is 0 Å². The van der Waals surface area contributed by atoms with Crippen LogP contribution in [0.15, 0.2) is 12.2 Å². The first kappa shape index (κ1) is 11.4. The van der Waals surface area contributed by atoms with E-state index in [-0.39, 0.29) is 0 Å². The summed E-state index contributed by atoms with van der Waals surface area (Å²) in [4.78, 5) is 10.1. The number of carbonyl (C=O) groups is 1. The van der Waals surface area contributed by atoms with Crippen LogP contribution >= 0.6 is 0 Å². The van der Waals surface area contributed by atoms with Crippen molar-refractivity contribution >= 4 is 6.29 Å². The third-order valence-corrected chi connectivity index (χ3v) is 1.91. The molecule has 0 aliphatic carbocycles. The first-order chi connectivity index (χ1) is 5.81. The number of aldehydes is 1. The highest BCUT2D eigenvalue weighted by atomic mass is 16.1. The number of hydrogen-bond acceptors (Lipinski definition) is 1. The molecule has 0 aliphatic rings. The maximum absolute atomic E-state index is 10.1. The molecule has 0 rings (SSSR count). The van der Waals surface area contributed by atoms with Crippen LogP contribution in [0.3, 0.4) is 0 Å². The van der Waals surface area contributed by atoms with E-state index < -0.39 is 0 Å². The molecule has 1 heteroatoms. The molecule has 0 saturated heterocycles. The van der Waals surface area contributed by atoms with Crippen LogP contribution in [-0.2, 0) is 4.79 Å². The van der Waals surface area contributed by atoms with Crippen molar-refractivity contribution in [2.75, 3.05) is 0 Å². The lowest BCUT2D eigenvalue weighted by atomic mass is 10.1. The quantitative estimate of drug-likeness (QED) is 0.324. The molecule has 70 valence electrons. The summed E-state index contributed by atoms with van der Waals surface area (Å²) in [5.74, 6) is 0.420. The SMILES string of the molecule is CCCCC/C=C/[C@H](C)CC=O. The van der Waals surface area contributed by atoms with E-state index in [9.17, 15) is 4.79 Å². The summed E-state index contributed by atoms with van der Waals surface area (Å²) in [7, 11) is 0. The van der Waals surface area contributed by atoms with E-state index in [1.54, 1.807) is 0 Å². The Balaban J connectivity index is 3.28. The molecule has 0 aromatic rings. The van der Waals surface area contributed by atoms with Gasteiger partial charge >= 0.3 is 0 Å². The number of rotatable bonds is 7. The smallest absolute Gasteiger partial charge is 0.120 e. The van der Waals surface area contributed by atoms with Crippen molar-refractivity contribution in [2.45, 2.75) is 46.0 Å². The molecule has 0 saturated carbocycles. The lowest BCUT2D eigenvalue weighted by molar-refractivity contribution is -0.108. The highest BCUT2D eigenvalue weighted by molar-refractivity contribution is 5.50. The fourth-order valence-corrected chi connectivity index (χ4v) is 1.07. The molecule has 12 heavy (non-hydrogen) atoms. The Morgan fingerprint density at radius 1 is 1.33 bits per heavy atom. The van der Waals surface area contributed by atoms with Crippen molar-refractivity contribution in [3.63, 3.8) is 0 Å². The summed E-state index contributed by atoms with van der Waals surface area (Å²) in [5.41, 5.74) is 0. The minimum atomic E-state index is 0.420. The number of hydrogen-bond donors (Lipinski definition) is 0. The summed E-state index contributed by atoms with van der Waals surface area (Å²) in [6, 6.07) is 0. The van der Waals surface area contributed by atoms with E-state index in [2.05, 4.69) is 26.0 Å². The second-order valence-electron chi connectivity index (χ2n) is 3.30. The first-order valence-corrected chi connectivity index (χ1v) is 4.91.